The second-order valence-corrected chi connectivity index (χ2v) is 41.3. The molecule has 0 spiro atoms. The first-order valence-electron chi connectivity index (χ1n) is 54.2. The van der Waals surface area contributed by atoms with Gasteiger partial charge in [0.1, 0.15) is 0 Å². The summed E-state index contributed by atoms with van der Waals surface area (Å²) in [7, 11) is 0. The molecule has 0 atom stereocenters. The quantitative estimate of drug-likeness (QED) is 0.0533. The fourth-order valence-electron chi connectivity index (χ4n) is 12.6. The van der Waals surface area contributed by atoms with E-state index in [-0.39, 0.29) is 0 Å². The molecule has 0 N–H and O–H groups in total. The summed E-state index contributed by atoms with van der Waals surface area (Å²) in [5.41, 5.74) is 0. The molecule has 0 heteroatoms. The summed E-state index contributed by atoms with van der Waals surface area (Å²) in [5.74, 6) is 10.7. The van der Waals surface area contributed by atoms with Crippen molar-refractivity contribution in [1.82, 2.24) is 0 Å². The second-order valence-electron chi connectivity index (χ2n) is 41.3. The Morgan fingerprint density at radius 2 is 0.184 bits per heavy atom. The monoisotopic (exact) mass is 1620 g/mol. The van der Waals surface area contributed by atoms with Gasteiger partial charge in [0.2, 0.25) is 0 Å². The van der Waals surface area contributed by atoms with Crippen LogP contribution in [0, 0.1) is 71.0 Å². The first kappa shape index (κ1) is 140. The van der Waals surface area contributed by atoms with Crippen LogP contribution in [0.25, 0.3) is 0 Å². The Morgan fingerprint density at radius 3 is 0.272 bits per heavy atom. The van der Waals surface area contributed by atoms with Crippen molar-refractivity contribution >= 4 is 0 Å². The van der Waals surface area contributed by atoms with Gasteiger partial charge in [-0.25, -0.2) is 0 Å². The highest BCUT2D eigenvalue weighted by Gasteiger charge is 2.01. The summed E-state index contributed by atoms with van der Waals surface area (Å²) in [6.45, 7) is 81.8. The molecule has 0 unspecified atom stereocenters. The van der Waals surface area contributed by atoms with E-state index in [2.05, 4.69) is 249 Å². The predicted molar refractivity (Wildman–Crippen MR) is 551 cm³/mol. The number of rotatable bonds is 66. The fourth-order valence-corrected chi connectivity index (χ4v) is 12.6. The van der Waals surface area contributed by atoms with Crippen molar-refractivity contribution < 1.29 is 0 Å². The van der Waals surface area contributed by atoms with Gasteiger partial charge in [-0.1, -0.05) is 673 Å². The van der Waals surface area contributed by atoms with Gasteiger partial charge in [0.15, 0.2) is 0 Å². The molecule has 708 valence electrons. The Balaban J connectivity index is -0.000000101. The molecule has 0 aliphatic heterocycles. The Morgan fingerprint density at radius 1 is 0.0965 bits per heavy atom. The maximum absolute atomic E-state index is 2.33. The van der Waals surface area contributed by atoms with Gasteiger partial charge in [-0.05, 0) is 71.0 Å². The first-order valence-corrected chi connectivity index (χ1v) is 54.2. The number of unbranched alkanes of at least 4 members (excludes halogenated alkanes) is 45. The van der Waals surface area contributed by atoms with Gasteiger partial charge in [0, 0.05) is 0 Å². The molecular weight excluding hydrogens is 1370 g/mol. The maximum atomic E-state index is 2.33. The zero-order valence-corrected chi connectivity index (χ0v) is 89.6. The van der Waals surface area contributed by atoms with E-state index in [1.807, 2.05) is 0 Å². The van der Waals surface area contributed by atoms with E-state index in [0.717, 1.165) is 71.0 Å². The van der Waals surface area contributed by atoms with Gasteiger partial charge >= 0.3 is 0 Å². The van der Waals surface area contributed by atoms with Crippen molar-refractivity contribution in [3.63, 3.8) is 0 Å². The Bertz CT molecular complexity index is 1330. The van der Waals surface area contributed by atoms with Gasteiger partial charge in [-0.2, -0.15) is 0 Å². The van der Waals surface area contributed by atoms with Crippen LogP contribution in [-0.4, -0.2) is 0 Å². The molecule has 0 nitrogen and oxygen atoms in total. The van der Waals surface area contributed by atoms with Crippen molar-refractivity contribution in [2.45, 2.75) is 673 Å². The average molecular weight is 1620 g/mol. The molecule has 0 radical (unpaired) electrons. The minimum Gasteiger partial charge on any atom is -0.0654 e. The van der Waals surface area contributed by atoms with Crippen molar-refractivity contribution in [2.24, 2.45) is 71.0 Å². The molecule has 0 rings (SSSR count). The van der Waals surface area contributed by atoms with Gasteiger partial charge in [0.05, 0.1) is 0 Å². The summed E-state index contributed by atoms with van der Waals surface area (Å²) < 4.78 is 0. The largest absolute Gasteiger partial charge is 0.0654 e. The summed E-state index contributed by atoms with van der Waals surface area (Å²) in [5, 5.41) is 0. The van der Waals surface area contributed by atoms with E-state index in [0.29, 0.717) is 0 Å². The van der Waals surface area contributed by atoms with Gasteiger partial charge in [0.25, 0.3) is 0 Å². The fraction of sp³-hybridized carbons (Fsp3) is 1.00. The third-order valence-electron chi connectivity index (χ3n) is 20.9. The van der Waals surface area contributed by atoms with Crippen molar-refractivity contribution in [2.75, 3.05) is 0 Å². The number of hydrogen-bond donors (Lipinski definition) is 0. The Hall–Kier alpha value is 0. The standard InChI is InChI=1S/C15H32.C14H30.C13H28.C12H26.C11H24.C10H22.C9H20.C8H18.C7H16.C6H14.C5H12.C4H10/c1-4-5-6-7-8-9-10-11-12-13-14-15(2)3;1-4-5-6-7-8-9-10-11-12-13-14(2)3;1-4-5-6-7-8-9-10-11-12-13(2)3;1-4-5-6-7-8-9-10-11-12(2)3;1-4-5-6-7-8-9-10-11(2)3;1-4-5-6-7-8-9-10(2)3;1-4-5-6-7-8-9(2)3;1-4-5-6-7-8(2)3;1-4-5-6-7(2)3;1-4-5-6(2)3;1-4-5(2)3;1-4(2)3/h15H,4-14H2,1-3H3;14H,4-13H2,1-3H3;13H,4-12H2,1-3H3;12H,4-11H2,1-3H3;11H,4-10H2,1-3H3;10H,4-9H2,1-3H3;9H,4-8H2,1-3H3;8H,4-7H2,1-3H3;7H,4-6H2,1-3H3;6H,4-5H2,1-3H3;5H,4H2,1-3H3;4H,1-3H3. The minimum absolute atomic E-state index is 0.833. The topological polar surface area (TPSA) is 0 Å². The van der Waals surface area contributed by atoms with Crippen LogP contribution in [0.2, 0.25) is 0 Å². The van der Waals surface area contributed by atoms with E-state index in [1.54, 1.807) is 0 Å². The van der Waals surface area contributed by atoms with E-state index in [1.165, 1.54) is 424 Å². The average Bonchev–Trinajstić information content (AvgIpc) is 1.58. The maximum Gasteiger partial charge on any atom is -0.0471 e. The van der Waals surface area contributed by atoms with Gasteiger partial charge in [-0.3, -0.25) is 0 Å². The molecule has 0 bridgehead atoms. The lowest BCUT2D eigenvalue weighted by molar-refractivity contribution is 0.505. The smallest absolute Gasteiger partial charge is 0.0471 e. The molecular formula is C114H252. The summed E-state index contributed by atoms with van der Waals surface area (Å²) in [6, 6.07) is 0. The Labute approximate surface area is 739 Å². The van der Waals surface area contributed by atoms with E-state index < -0.39 is 0 Å². The van der Waals surface area contributed by atoms with Gasteiger partial charge in [-0.15, -0.1) is 0 Å². The molecule has 0 fully saturated rings. The van der Waals surface area contributed by atoms with E-state index >= 15 is 0 Å². The zero-order chi connectivity index (χ0) is 89.6. The molecule has 0 heterocycles. The molecule has 0 aromatic rings. The van der Waals surface area contributed by atoms with Crippen LogP contribution in [0.3, 0.4) is 0 Å². The molecule has 0 aromatic carbocycles. The van der Waals surface area contributed by atoms with Crippen molar-refractivity contribution in [1.29, 1.82) is 0 Å². The lowest BCUT2D eigenvalue weighted by atomic mass is 10.0. The summed E-state index contributed by atoms with van der Waals surface area (Å²) in [6.07, 6.45) is 94.4. The first-order chi connectivity index (χ1) is 54.2. The van der Waals surface area contributed by atoms with Crippen LogP contribution in [-0.2, 0) is 0 Å². The lowest BCUT2D eigenvalue weighted by Gasteiger charge is -2.04. The SMILES string of the molecule is CC(C)C.CCC(C)C.CCCC(C)C.CCCCC(C)C.CCCCCC(C)C.CCCCCCC(C)C.CCCCCCCC(C)C.CCCCCCCCC(C)C.CCCCCCCCCC(C)C.CCCCCCCCCCC(C)C.CCCCCCCCCCCC(C)C.CCCCCCCCCCCCC(C)C. The third-order valence-corrected chi connectivity index (χ3v) is 20.9. The lowest BCUT2D eigenvalue weighted by Crippen LogP contribution is -1.87. The Kier molecular flexibility index (Phi) is 167. The van der Waals surface area contributed by atoms with Crippen molar-refractivity contribution in [3.05, 3.63) is 0 Å². The summed E-state index contributed by atoms with van der Waals surface area (Å²) >= 11 is 0. The third kappa shape index (κ3) is 233. The van der Waals surface area contributed by atoms with E-state index in [4.69, 9.17) is 0 Å². The molecule has 0 aromatic heterocycles. The molecule has 0 aliphatic carbocycles. The summed E-state index contributed by atoms with van der Waals surface area (Å²) in [4.78, 5) is 0. The van der Waals surface area contributed by atoms with Crippen LogP contribution < -0.4 is 0 Å². The van der Waals surface area contributed by atoms with Crippen LogP contribution in [0.5, 0.6) is 0 Å². The van der Waals surface area contributed by atoms with Crippen molar-refractivity contribution in [3.8, 4) is 0 Å². The van der Waals surface area contributed by atoms with Crippen LogP contribution >= 0.6 is 0 Å². The highest BCUT2D eigenvalue weighted by Crippen LogP contribution is 2.19. The second kappa shape index (κ2) is 136. The highest BCUT2D eigenvalue weighted by atomic mass is 14.1. The molecule has 114 heavy (non-hydrogen) atoms. The molecule has 0 saturated carbocycles. The van der Waals surface area contributed by atoms with Crippen LogP contribution in [0.4, 0.5) is 0 Å². The molecule has 0 amide bonds. The van der Waals surface area contributed by atoms with E-state index in [9.17, 15) is 0 Å². The normalized spacial score (nSPS) is 10.7. The highest BCUT2D eigenvalue weighted by molar-refractivity contribution is 4.56. The molecule has 0 aliphatic rings. The van der Waals surface area contributed by atoms with Gasteiger partial charge < -0.3 is 0 Å². The zero-order valence-electron chi connectivity index (χ0n) is 89.6. The van der Waals surface area contributed by atoms with Crippen LogP contribution in [0.1, 0.15) is 673 Å². The minimum atomic E-state index is 0.833. The van der Waals surface area contributed by atoms with Crippen LogP contribution in [0.15, 0.2) is 0 Å². The molecule has 0 saturated heterocycles. The number of hydrogen-bond acceptors (Lipinski definition) is 0. The predicted octanol–water partition coefficient (Wildman–Crippen LogP) is 45.7.